The normalized spacial score (nSPS) is 10.3. The highest BCUT2D eigenvalue weighted by molar-refractivity contribution is 5.39. The molecule has 0 aromatic carbocycles. The van der Waals surface area contributed by atoms with Crippen LogP contribution < -0.4 is 10.6 Å². The number of anilines is 2. The van der Waals surface area contributed by atoms with Crippen LogP contribution in [0.15, 0.2) is 12.3 Å². The minimum atomic E-state index is 0.297. The van der Waals surface area contributed by atoms with E-state index in [4.69, 9.17) is 5.11 Å². The Kier molecular flexibility index (Phi) is 7.88. The molecule has 0 atom stereocenters. The predicted molar refractivity (Wildman–Crippen MR) is 74.9 cm³/mol. The van der Waals surface area contributed by atoms with Crippen molar-refractivity contribution in [2.24, 2.45) is 0 Å². The van der Waals surface area contributed by atoms with Crippen LogP contribution in [0.2, 0.25) is 0 Å². The van der Waals surface area contributed by atoms with E-state index >= 15 is 0 Å². The van der Waals surface area contributed by atoms with Crippen LogP contribution in [-0.4, -0.2) is 34.8 Å². The maximum absolute atomic E-state index is 8.66. The molecule has 0 bridgehead atoms. The van der Waals surface area contributed by atoms with Crippen LogP contribution in [0.4, 0.5) is 11.8 Å². The molecule has 0 spiro atoms. The van der Waals surface area contributed by atoms with Gasteiger partial charge in [-0.1, -0.05) is 19.8 Å². The lowest BCUT2D eigenvalue weighted by atomic mass is 10.2. The average Bonchev–Trinajstić information content (AvgIpc) is 2.41. The molecule has 0 saturated carbocycles. The lowest BCUT2D eigenvalue weighted by Gasteiger charge is -2.07. The number of hydrogen-bond donors (Lipinski definition) is 3. The summed E-state index contributed by atoms with van der Waals surface area (Å²) >= 11 is 0. The molecule has 3 N–H and O–H groups in total. The summed E-state index contributed by atoms with van der Waals surface area (Å²) in [5.41, 5.74) is 0. The molecule has 1 heterocycles. The lowest BCUT2D eigenvalue weighted by molar-refractivity contribution is 0.283. The number of rotatable bonds is 10. The molecular formula is C13H24N4O. The third-order valence-corrected chi connectivity index (χ3v) is 2.58. The molecule has 18 heavy (non-hydrogen) atoms. The zero-order chi connectivity index (χ0) is 13.1. The first-order valence-corrected chi connectivity index (χ1v) is 6.78. The Balaban J connectivity index is 2.20. The van der Waals surface area contributed by atoms with Gasteiger partial charge in [-0.3, -0.25) is 0 Å². The Morgan fingerprint density at radius 2 is 1.94 bits per heavy atom. The van der Waals surface area contributed by atoms with Gasteiger partial charge in [-0.05, 0) is 25.3 Å². The average molecular weight is 252 g/mol. The van der Waals surface area contributed by atoms with Gasteiger partial charge in [0.2, 0.25) is 5.95 Å². The first-order valence-electron chi connectivity index (χ1n) is 6.78. The topological polar surface area (TPSA) is 70.1 Å². The molecular weight excluding hydrogens is 228 g/mol. The molecule has 0 fully saturated rings. The molecule has 0 aliphatic carbocycles. The quantitative estimate of drug-likeness (QED) is 0.557. The Morgan fingerprint density at radius 3 is 2.72 bits per heavy atom. The Labute approximate surface area is 109 Å². The van der Waals surface area contributed by atoms with Crippen molar-refractivity contribution in [3.8, 4) is 0 Å². The molecule has 102 valence electrons. The molecule has 0 saturated heterocycles. The number of aromatic nitrogens is 2. The van der Waals surface area contributed by atoms with E-state index in [-0.39, 0.29) is 0 Å². The zero-order valence-electron chi connectivity index (χ0n) is 11.2. The second-order valence-electron chi connectivity index (χ2n) is 4.26. The fourth-order valence-electron chi connectivity index (χ4n) is 1.59. The lowest BCUT2D eigenvalue weighted by Crippen LogP contribution is -2.08. The maximum atomic E-state index is 8.66. The van der Waals surface area contributed by atoms with E-state index in [2.05, 4.69) is 27.5 Å². The molecule has 0 radical (unpaired) electrons. The fourth-order valence-corrected chi connectivity index (χ4v) is 1.59. The summed E-state index contributed by atoms with van der Waals surface area (Å²) in [6.07, 6.45) is 7.05. The van der Waals surface area contributed by atoms with Crippen molar-refractivity contribution in [1.29, 1.82) is 0 Å². The Morgan fingerprint density at radius 1 is 1.11 bits per heavy atom. The largest absolute Gasteiger partial charge is 0.396 e. The maximum Gasteiger partial charge on any atom is 0.224 e. The highest BCUT2D eigenvalue weighted by atomic mass is 16.2. The minimum absolute atomic E-state index is 0.297. The summed E-state index contributed by atoms with van der Waals surface area (Å²) < 4.78 is 0. The molecule has 1 aromatic rings. The van der Waals surface area contributed by atoms with Crippen LogP contribution >= 0.6 is 0 Å². The van der Waals surface area contributed by atoms with Gasteiger partial charge in [0.1, 0.15) is 5.82 Å². The van der Waals surface area contributed by atoms with Gasteiger partial charge in [0.25, 0.3) is 0 Å². The van der Waals surface area contributed by atoms with Gasteiger partial charge in [-0.2, -0.15) is 4.98 Å². The van der Waals surface area contributed by atoms with E-state index in [1.165, 1.54) is 0 Å². The fraction of sp³-hybridized carbons (Fsp3) is 0.692. The van der Waals surface area contributed by atoms with Crippen LogP contribution in [0.3, 0.4) is 0 Å². The summed E-state index contributed by atoms with van der Waals surface area (Å²) in [6, 6.07) is 1.88. The summed E-state index contributed by atoms with van der Waals surface area (Å²) in [7, 11) is 0. The van der Waals surface area contributed by atoms with E-state index in [1.54, 1.807) is 6.20 Å². The molecule has 0 aliphatic heterocycles. The van der Waals surface area contributed by atoms with Gasteiger partial charge in [0.15, 0.2) is 0 Å². The van der Waals surface area contributed by atoms with Crippen LogP contribution in [0.25, 0.3) is 0 Å². The van der Waals surface area contributed by atoms with E-state index in [0.717, 1.165) is 51.0 Å². The van der Waals surface area contributed by atoms with E-state index < -0.39 is 0 Å². The van der Waals surface area contributed by atoms with E-state index in [1.807, 2.05) is 6.07 Å². The molecule has 0 amide bonds. The van der Waals surface area contributed by atoms with Gasteiger partial charge < -0.3 is 15.7 Å². The molecule has 1 rings (SSSR count). The zero-order valence-corrected chi connectivity index (χ0v) is 11.2. The summed E-state index contributed by atoms with van der Waals surface area (Å²) in [5, 5.41) is 15.1. The van der Waals surface area contributed by atoms with Gasteiger partial charge in [0, 0.05) is 25.9 Å². The van der Waals surface area contributed by atoms with Gasteiger partial charge in [-0.25, -0.2) is 4.98 Å². The van der Waals surface area contributed by atoms with Crippen LogP contribution in [0.1, 0.15) is 39.0 Å². The number of nitrogens with one attached hydrogen (secondary N) is 2. The number of hydrogen-bond acceptors (Lipinski definition) is 5. The predicted octanol–water partition coefficient (Wildman–Crippen LogP) is 2.26. The number of aliphatic hydroxyl groups is 1. The van der Waals surface area contributed by atoms with Gasteiger partial charge in [-0.15, -0.1) is 0 Å². The molecule has 5 heteroatoms. The molecule has 0 aliphatic rings. The van der Waals surface area contributed by atoms with Crippen LogP contribution in [0, 0.1) is 0 Å². The van der Waals surface area contributed by atoms with Gasteiger partial charge >= 0.3 is 0 Å². The third-order valence-electron chi connectivity index (χ3n) is 2.58. The first kappa shape index (κ1) is 14.7. The van der Waals surface area contributed by atoms with Crippen molar-refractivity contribution in [1.82, 2.24) is 9.97 Å². The minimum Gasteiger partial charge on any atom is -0.396 e. The van der Waals surface area contributed by atoms with E-state index in [9.17, 15) is 0 Å². The second-order valence-corrected chi connectivity index (χ2v) is 4.26. The standard InChI is InChI=1S/C13H24N4O/c1-2-8-15-13-16-10-7-12(17-13)14-9-5-3-4-6-11-18/h7,10,18H,2-6,8-9,11H2,1H3,(H2,14,15,16,17). The number of nitrogens with zero attached hydrogens (tertiary/aromatic N) is 2. The van der Waals surface area contributed by atoms with Crippen molar-refractivity contribution in [3.05, 3.63) is 12.3 Å². The summed E-state index contributed by atoms with van der Waals surface area (Å²) in [5.74, 6) is 1.55. The van der Waals surface area contributed by atoms with Gasteiger partial charge in [0.05, 0.1) is 0 Å². The highest BCUT2D eigenvalue weighted by Gasteiger charge is 1.97. The number of unbranched alkanes of at least 4 members (excludes halogenated alkanes) is 3. The highest BCUT2D eigenvalue weighted by Crippen LogP contribution is 2.06. The Bertz CT molecular complexity index is 320. The van der Waals surface area contributed by atoms with Crippen molar-refractivity contribution in [2.45, 2.75) is 39.0 Å². The summed E-state index contributed by atoms with van der Waals surface area (Å²) in [4.78, 5) is 8.53. The van der Waals surface area contributed by atoms with Crippen molar-refractivity contribution in [3.63, 3.8) is 0 Å². The monoisotopic (exact) mass is 252 g/mol. The summed E-state index contributed by atoms with van der Waals surface area (Å²) in [6.45, 7) is 4.22. The smallest absolute Gasteiger partial charge is 0.224 e. The van der Waals surface area contributed by atoms with Crippen LogP contribution in [0.5, 0.6) is 0 Å². The SMILES string of the molecule is CCCNc1nccc(NCCCCCCO)n1. The molecule has 5 nitrogen and oxygen atoms in total. The third kappa shape index (κ3) is 6.39. The van der Waals surface area contributed by atoms with Crippen LogP contribution in [-0.2, 0) is 0 Å². The Hall–Kier alpha value is -1.36. The first-order chi connectivity index (χ1) is 8.86. The second kappa shape index (κ2) is 9.65. The van der Waals surface area contributed by atoms with Crippen molar-refractivity contribution < 1.29 is 5.11 Å². The van der Waals surface area contributed by atoms with Crippen molar-refractivity contribution >= 4 is 11.8 Å². The van der Waals surface area contributed by atoms with Crippen molar-refractivity contribution in [2.75, 3.05) is 30.3 Å². The van der Waals surface area contributed by atoms with E-state index in [0.29, 0.717) is 12.6 Å². The number of aliphatic hydroxyl groups excluding tert-OH is 1. The molecule has 0 unspecified atom stereocenters. The molecule has 1 aromatic heterocycles.